The Morgan fingerprint density at radius 3 is 2.40 bits per heavy atom. The molecule has 0 amide bonds. The molecule has 2 heterocycles. The number of benzene rings is 2. The molecule has 1 N–H and O–H groups in total. The van der Waals surface area contributed by atoms with E-state index in [-0.39, 0.29) is 0 Å². The number of nitrogens with zero attached hydrogens (tertiary/aromatic N) is 2. The zero-order chi connectivity index (χ0) is 17.2. The Bertz CT molecular complexity index is 924. The maximum absolute atomic E-state index is 12.0. The predicted molar refractivity (Wildman–Crippen MR) is 107 cm³/mol. The van der Waals surface area contributed by atoms with E-state index in [4.69, 9.17) is 12.2 Å². The van der Waals surface area contributed by atoms with Crippen molar-refractivity contribution in [3.05, 3.63) is 59.7 Å². The average molecular weight is 349 g/mol. The van der Waals surface area contributed by atoms with Crippen LogP contribution in [0.1, 0.15) is 15.9 Å². The van der Waals surface area contributed by atoms with Gasteiger partial charge in [0.1, 0.15) is 5.82 Å². The van der Waals surface area contributed by atoms with Crippen LogP contribution in [0.15, 0.2) is 48.5 Å². The summed E-state index contributed by atoms with van der Waals surface area (Å²) in [6.07, 6.45) is 0.988. The number of para-hydroxylation sites is 1. The molecule has 3 aromatic rings. The van der Waals surface area contributed by atoms with Gasteiger partial charge in [-0.3, -0.25) is 9.36 Å². The number of carbonyl (C=O) groups excluding carboxylic acids is 1. The Morgan fingerprint density at radius 1 is 1.00 bits per heavy atom. The summed E-state index contributed by atoms with van der Waals surface area (Å²) in [7, 11) is 0. The smallest absolute Gasteiger partial charge is 0.154 e. The van der Waals surface area contributed by atoms with Crippen LogP contribution in [-0.2, 0) is 0 Å². The van der Waals surface area contributed by atoms with E-state index >= 15 is 0 Å². The van der Waals surface area contributed by atoms with Gasteiger partial charge in [-0.1, -0.05) is 42.5 Å². The van der Waals surface area contributed by atoms with Crippen LogP contribution < -0.4 is 10.2 Å². The highest BCUT2D eigenvalue weighted by atomic mass is 32.1. The fourth-order valence-electron chi connectivity index (χ4n) is 3.52. The molecule has 0 saturated carbocycles. The third-order valence-electron chi connectivity index (χ3n) is 4.71. The molecule has 5 heteroatoms. The van der Waals surface area contributed by atoms with Crippen LogP contribution >= 0.6 is 12.2 Å². The van der Waals surface area contributed by atoms with E-state index < -0.39 is 0 Å². The number of piperazine rings is 1. The lowest BCUT2D eigenvalue weighted by molar-refractivity contribution is 0.112. The summed E-state index contributed by atoms with van der Waals surface area (Å²) in [5, 5.41) is 6.04. The first-order valence-corrected chi connectivity index (χ1v) is 8.90. The highest BCUT2D eigenvalue weighted by Gasteiger charge is 2.23. The topological polar surface area (TPSA) is 37.3 Å². The minimum Gasteiger partial charge on any atom is -0.355 e. The summed E-state index contributed by atoms with van der Waals surface area (Å²) in [6, 6.07) is 16.2. The number of nitrogens with one attached hydrogen (secondary N) is 1. The van der Waals surface area contributed by atoms with Gasteiger partial charge in [-0.15, -0.1) is 0 Å². The average Bonchev–Trinajstić information content (AvgIpc) is 3.03. The van der Waals surface area contributed by atoms with Crippen molar-refractivity contribution in [2.75, 3.05) is 31.1 Å². The number of carbonyl (C=O) groups is 1. The molecule has 0 spiro atoms. The lowest BCUT2D eigenvalue weighted by Crippen LogP contribution is -2.44. The van der Waals surface area contributed by atoms with Gasteiger partial charge < -0.3 is 10.2 Å². The first-order chi connectivity index (χ1) is 12.3. The van der Waals surface area contributed by atoms with E-state index in [9.17, 15) is 4.79 Å². The van der Waals surface area contributed by atoms with Crippen LogP contribution in [0.3, 0.4) is 0 Å². The maximum atomic E-state index is 12.0. The third-order valence-corrected chi connectivity index (χ3v) is 4.98. The first-order valence-electron chi connectivity index (χ1n) is 8.43. The number of hydrogen-bond donors (Lipinski definition) is 1. The summed E-state index contributed by atoms with van der Waals surface area (Å²) in [5.41, 5.74) is 3.86. The fourth-order valence-corrected chi connectivity index (χ4v) is 3.68. The highest BCUT2D eigenvalue weighted by Crippen LogP contribution is 2.35. The van der Waals surface area contributed by atoms with E-state index in [0.717, 1.165) is 66.0 Å². The third kappa shape index (κ3) is 2.75. The standard InChI is InChI=1S/C20H19N3OS/c24-13-18-17-3-1-2-4-19(17)23(16-7-5-15(14-25)6-8-16)20(18)22-11-9-21-10-12-22/h1-8,13-14,21H,9-12H2. The number of rotatable bonds is 4. The predicted octanol–water partition coefficient (Wildman–Crippen LogP) is 3.20. The van der Waals surface area contributed by atoms with Crippen molar-refractivity contribution in [1.29, 1.82) is 0 Å². The van der Waals surface area contributed by atoms with Crippen molar-refractivity contribution in [3.8, 4) is 5.69 Å². The van der Waals surface area contributed by atoms with E-state index in [1.54, 1.807) is 5.37 Å². The van der Waals surface area contributed by atoms with Crippen LogP contribution in [-0.4, -0.2) is 42.4 Å². The molecule has 0 aliphatic carbocycles. The van der Waals surface area contributed by atoms with E-state index in [1.165, 1.54) is 0 Å². The normalized spacial score (nSPS) is 14.6. The van der Waals surface area contributed by atoms with E-state index in [2.05, 4.69) is 33.0 Å². The van der Waals surface area contributed by atoms with Gasteiger partial charge in [0.2, 0.25) is 0 Å². The van der Waals surface area contributed by atoms with Crippen LogP contribution in [0, 0.1) is 0 Å². The molecule has 4 nitrogen and oxygen atoms in total. The fraction of sp³-hybridized carbons (Fsp3) is 0.200. The summed E-state index contributed by atoms with van der Waals surface area (Å²) in [4.78, 5) is 14.3. The Morgan fingerprint density at radius 2 is 1.72 bits per heavy atom. The molecule has 1 fully saturated rings. The maximum Gasteiger partial charge on any atom is 0.154 e. The number of hydrogen-bond acceptors (Lipinski definition) is 4. The number of anilines is 1. The molecule has 4 rings (SSSR count). The molecule has 0 bridgehead atoms. The van der Waals surface area contributed by atoms with Crippen molar-refractivity contribution in [2.45, 2.75) is 0 Å². The Hall–Kier alpha value is -2.50. The van der Waals surface area contributed by atoms with Crippen molar-refractivity contribution in [3.63, 3.8) is 0 Å². The van der Waals surface area contributed by atoms with Crippen LogP contribution in [0.5, 0.6) is 0 Å². The largest absolute Gasteiger partial charge is 0.355 e. The van der Waals surface area contributed by atoms with Crippen molar-refractivity contribution < 1.29 is 4.79 Å². The molecule has 0 unspecified atom stereocenters. The van der Waals surface area contributed by atoms with Crippen LogP contribution in [0.2, 0.25) is 0 Å². The van der Waals surface area contributed by atoms with Gasteiger partial charge >= 0.3 is 0 Å². The van der Waals surface area contributed by atoms with Gasteiger partial charge in [0, 0.05) is 42.6 Å². The number of aldehydes is 1. The molecule has 0 atom stereocenters. The lowest BCUT2D eigenvalue weighted by Gasteiger charge is -2.31. The second kappa shape index (κ2) is 6.78. The molecule has 1 saturated heterocycles. The minimum absolute atomic E-state index is 0.761. The zero-order valence-electron chi connectivity index (χ0n) is 13.8. The summed E-state index contributed by atoms with van der Waals surface area (Å²) >= 11 is 5.01. The van der Waals surface area contributed by atoms with E-state index in [1.807, 2.05) is 30.3 Å². The van der Waals surface area contributed by atoms with Gasteiger partial charge in [0.25, 0.3) is 0 Å². The monoisotopic (exact) mass is 349 g/mol. The molecule has 2 aromatic carbocycles. The van der Waals surface area contributed by atoms with Gasteiger partial charge in [0.15, 0.2) is 6.29 Å². The quantitative estimate of drug-likeness (QED) is 0.580. The molecular formula is C20H19N3OS. The Kier molecular flexibility index (Phi) is 4.34. The Labute approximate surface area is 152 Å². The van der Waals surface area contributed by atoms with E-state index in [0.29, 0.717) is 0 Å². The second-order valence-electron chi connectivity index (χ2n) is 6.15. The molecule has 1 aliphatic rings. The van der Waals surface area contributed by atoms with Crippen molar-refractivity contribution >= 4 is 40.6 Å². The summed E-state index contributed by atoms with van der Waals surface area (Å²) in [6.45, 7) is 3.61. The van der Waals surface area contributed by atoms with Crippen molar-refractivity contribution in [2.24, 2.45) is 0 Å². The molecule has 0 radical (unpaired) electrons. The van der Waals surface area contributed by atoms with Crippen LogP contribution in [0.25, 0.3) is 16.6 Å². The van der Waals surface area contributed by atoms with Gasteiger partial charge in [-0.05, 0) is 23.8 Å². The zero-order valence-corrected chi connectivity index (χ0v) is 14.6. The molecule has 25 heavy (non-hydrogen) atoms. The molecule has 1 aliphatic heterocycles. The minimum atomic E-state index is 0.761. The van der Waals surface area contributed by atoms with Crippen LogP contribution in [0.4, 0.5) is 5.82 Å². The molecular weight excluding hydrogens is 330 g/mol. The van der Waals surface area contributed by atoms with Gasteiger partial charge in [-0.25, -0.2) is 0 Å². The first kappa shape index (κ1) is 16.0. The van der Waals surface area contributed by atoms with Gasteiger partial charge in [-0.2, -0.15) is 0 Å². The SMILES string of the molecule is O=Cc1c(N2CCNCC2)n(-c2ccc(C=S)cc2)c2ccccc12. The highest BCUT2D eigenvalue weighted by molar-refractivity contribution is 7.79. The number of aromatic nitrogens is 1. The lowest BCUT2D eigenvalue weighted by atomic mass is 10.2. The summed E-state index contributed by atoms with van der Waals surface area (Å²) in [5.74, 6) is 0.979. The summed E-state index contributed by atoms with van der Waals surface area (Å²) < 4.78 is 2.19. The number of thiocarbonyl (C=S) groups is 1. The number of fused-ring (bicyclic) bond motifs is 1. The molecule has 126 valence electrons. The molecule has 1 aromatic heterocycles. The van der Waals surface area contributed by atoms with Gasteiger partial charge in [0.05, 0.1) is 11.1 Å². The second-order valence-corrected chi connectivity index (χ2v) is 6.39. The Balaban J connectivity index is 1.99. The van der Waals surface area contributed by atoms with Crippen molar-refractivity contribution in [1.82, 2.24) is 9.88 Å².